The zero-order valence-corrected chi connectivity index (χ0v) is 14.6. The lowest BCUT2D eigenvalue weighted by Gasteiger charge is -2.61. The van der Waals surface area contributed by atoms with E-state index in [1.807, 2.05) is 0 Å². The minimum atomic E-state index is -0.455. The molecule has 0 saturated heterocycles. The van der Waals surface area contributed by atoms with Gasteiger partial charge in [0.05, 0.1) is 11.7 Å². The van der Waals surface area contributed by atoms with E-state index in [9.17, 15) is 10.2 Å². The lowest BCUT2D eigenvalue weighted by atomic mass is 9.44. The molecule has 0 radical (unpaired) electrons. The van der Waals surface area contributed by atoms with E-state index in [1.165, 1.54) is 38.5 Å². The number of hydrogen-bond donors (Lipinski definition) is 2. The molecular formula is C20H34O2. The summed E-state index contributed by atoms with van der Waals surface area (Å²) in [4.78, 5) is 0. The summed E-state index contributed by atoms with van der Waals surface area (Å²) >= 11 is 0. The lowest BCUT2D eigenvalue weighted by molar-refractivity contribution is -0.153. The van der Waals surface area contributed by atoms with Gasteiger partial charge in [0.15, 0.2) is 0 Å². The van der Waals surface area contributed by atoms with Gasteiger partial charge in [-0.2, -0.15) is 0 Å². The second-order valence-corrected chi connectivity index (χ2v) is 9.85. The Morgan fingerprint density at radius 2 is 1.55 bits per heavy atom. The molecule has 2 N–H and O–H groups in total. The van der Waals surface area contributed by atoms with E-state index in [4.69, 9.17) is 0 Å². The van der Waals surface area contributed by atoms with E-state index >= 15 is 0 Å². The van der Waals surface area contributed by atoms with Crippen LogP contribution >= 0.6 is 0 Å². The monoisotopic (exact) mass is 306 g/mol. The van der Waals surface area contributed by atoms with Crippen molar-refractivity contribution in [1.29, 1.82) is 0 Å². The van der Waals surface area contributed by atoms with Gasteiger partial charge in [0.2, 0.25) is 0 Å². The van der Waals surface area contributed by atoms with Crippen molar-refractivity contribution >= 4 is 0 Å². The first-order valence-corrected chi connectivity index (χ1v) is 9.68. The topological polar surface area (TPSA) is 40.5 Å². The Bertz CT molecular complexity index is 459. The average Bonchev–Trinajstić information content (AvgIpc) is 2.70. The third-order valence-corrected chi connectivity index (χ3v) is 9.20. The van der Waals surface area contributed by atoms with Gasteiger partial charge in [-0.05, 0) is 99.2 Å². The van der Waals surface area contributed by atoms with Crippen LogP contribution in [-0.4, -0.2) is 21.9 Å². The molecule has 4 aliphatic carbocycles. The lowest BCUT2D eigenvalue weighted by Crippen LogP contribution is -2.56. The predicted molar refractivity (Wildman–Crippen MR) is 88.4 cm³/mol. The highest BCUT2D eigenvalue weighted by atomic mass is 16.3. The summed E-state index contributed by atoms with van der Waals surface area (Å²) in [6.45, 7) is 7.01. The van der Waals surface area contributed by atoms with Crippen molar-refractivity contribution in [2.24, 2.45) is 34.5 Å². The molecule has 0 heterocycles. The zero-order chi connectivity index (χ0) is 15.8. The van der Waals surface area contributed by atoms with Crippen LogP contribution < -0.4 is 0 Å². The Hall–Kier alpha value is -0.0800. The first-order chi connectivity index (χ1) is 10.3. The molecule has 2 heteroatoms. The quantitative estimate of drug-likeness (QED) is 0.706. The fourth-order valence-corrected chi connectivity index (χ4v) is 7.48. The van der Waals surface area contributed by atoms with Crippen LogP contribution in [0.25, 0.3) is 0 Å². The summed E-state index contributed by atoms with van der Waals surface area (Å²) in [6, 6.07) is 0. The number of aliphatic hydroxyl groups is 2. The zero-order valence-electron chi connectivity index (χ0n) is 14.6. The van der Waals surface area contributed by atoms with Gasteiger partial charge in [-0.1, -0.05) is 13.8 Å². The van der Waals surface area contributed by atoms with Crippen molar-refractivity contribution in [3.8, 4) is 0 Å². The van der Waals surface area contributed by atoms with Crippen LogP contribution in [0.2, 0.25) is 0 Å². The Balaban J connectivity index is 1.64. The molecule has 0 aromatic heterocycles. The number of hydrogen-bond acceptors (Lipinski definition) is 2. The van der Waals surface area contributed by atoms with Crippen molar-refractivity contribution in [2.45, 2.75) is 90.3 Å². The van der Waals surface area contributed by atoms with Crippen LogP contribution in [-0.2, 0) is 0 Å². The number of aliphatic hydroxyl groups excluding tert-OH is 1. The molecule has 0 spiro atoms. The van der Waals surface area contributed by atoms with E-state index in [0.717, 1.165) is 42.9 Å². The molecule has 2 nitrogen and oxygen atoms in total. The Morgan fingerprint density at radius 3 is 2.32 bits per heavy atom. The molecule has 4 aliphatic rings. The molecule has 0 aromatic rings. The predicted octanol–water partition coefficient (Wildman–Crippen LogP) is 4.14. The smallest absolute Gasteiger partial charge is 0.0675 e. The fraction of sp³-hybridized carbons (Fsp3) is 1.00. The van der Waals surface area contributed by atoms with E-state index in [2.05, 4.69) is 20.8 Å². The molecule has 0 bridgehead atoms. The summed E-state index contributed by atoms with van der Waals surface area (Å²) < 4.78 is 0. The van der Waals surface area contributed by atoms with Crippen LogP contribution in [0.1, 0.15) is 78.6 Å². The molecule has 8 atom stereocenters. The van der Waals surface area contributed by atoms with Crippen molar-refractivity contribution < 1.29 is 10.2 Å². The largest absolute Gasteiger partial charge is 0.393 e. The van der Waals surface area contributed by atoms with Crippen LogP contribution in [0.3, 0.4) is 0 Å². The van der Waals surface area contributed by atoms with Gasteiger partial charge in [0, 0.05) is 0 Å². The minimum absolute atomic E-state index is 0.0457. The summed E-state index contributed by atoms with van der Waals surface area (Å²) in [6.07, 6.45) is 10.6. The van der Waals surface area contributed by atoms with Gasteiger partial charge < -0.3 is 10.2 Å². The summed E-state index contributed by atoms with van der Waals surface area (Å²) in [5.74, 6) is 3.13. The third kappa shape index (κ3) is 1.86. The molecular weight excluding hydrogens is 272 g/mol. The van der Waals surface area contributed by atoms with Crippen molar-refractivity contribution in [3.05, 3.63) is 0 Å². The molecule has 126 valence electrons. The minimum Gasteiger partial charge on any atom is -0.393 e. The molecule has 0 amide bonds. The summed E-state index contributed by atoms with van der Waals surface area (Å²) in [7, 11) is 0. The van der Waals surface area contributed by atoms with Gasteiger partial charge in [-0.15, -0.1) is 0 Å². The van der Waals surface area contributed by atoms with Crippen molar-refractivity contribution in [3.63, 3.8) is 0 Å². The highest BCUT2D eigenvalue weighted by molar-refractivity contribution is 5.12. The maximum absolute atomic E-state index is 10.9. The molecule has 4 saturated carbocycles. The van der Waals surface area contributed by atoms with Crippen LogP contribution in [0.4, 0.5) is 0 Å². The van der Waals surface area contributed by atoms with Crippen LogP contribution in [0.15, 0.2) is 0 Å². The molecule has 22 heavy (non-hydrogen) atoms. The fourth-order valence-electron chi connectivity index (χ4n) is 7.48. The van der Waals surface area contributed by atoms with Crippen molar-refractivity contribution in [2.75, 3.05) is 0 Å². The Morgan fingerprint density at radius 1 is 0.818 bits per heavy atom. The Labute approximate surface area is 135 Å². The van der Waals surface area contributed by atoms with E-state index < -0.39 is 5.60 Å². The Kier molecular flexibility index (Phi) is 3.32. The number of rotatable bonds is 0. The summed E-state index contributed by atoms with van der Waals surface area (Å²) in [5, 5.41) is 21.0. The molecule has 4 fully saturated rings. The highest BCUT2D eigenvalue weighted by Gasteiger charge is 2.63. The normalized spacial score (nSPS) is 61.2. The second kappa shape index (κ2) is 4.72. The van der Waals surface area contributed by atoms with Crippen LogP contribution in [0.5, 0.6) is 0 Å². The van der Waals surface area contributed by atoms with E-state index in [1.54, 1.807) is 0 Å². The summed E-state index contributed by atoms with van der Waals surface area (Å²) in [5.41, 5.74) is 0.145. The third-order valence-electron chi connectivity index (χ3n) is 9.20. The average molecular weight is 306 g/mol. The second-order valence-electron chi connectivity index (χ2n) is 9.85. The maximum Gasteiger partial charge on any atom is 0.0675 e. The molecule has 0 unspecified atom stereocenters. The van der Waals surface area contributed by atoms with E-state index in [0.29, 0.717) is 5.41 Å². The molecule has 0 aliphatic heterocycles. The van der Waals surface area contributed by atoms with E-state index in [-0.39, 0.29) is 11.5 Å². The van der Waals surface area contributed by atoms with Gasteiger partial charge in [-0.3, -0.25) is 0 Å². The van der Waals surface area contributed by atoms with Gasteiger partial charge in [0.1, 0.15) is 0 Å². The van der Waals surface area contributed by atoms with Gasteiger partial charge >= 0.3 is 0 Å². The maximum atomic E-state index is 10.9. The number of fused-ring (bicyclic) bond motifs is 5. The highest BCUT2D eigenvalue weighted by Crippen LogP contribution is 2.68. The first-order valence-electron chi connectivity index (χ1n) is 9.68. The van der Waals surface area contributed by atoms with Gasteiger partial charge in [0.25, 0.3) is 0 Å². The standard InChI is InChI=1S/C20H34O2/c1-18-9-6-14(21)12-13(18)4-5-15-16(18)7-10-19(2)17(15)8-11-20(19,3)22/h13-17,21-22H,4-12H2,1-3H3/t13-,14+,15+,16-,17+,18-,19+,20-/m1/s1. The molecule has 4 rings (SSSR count). The molecule has 0 aromatic carbocycles. The van der Waals surface area contributed by atoms with Gasteiger partial charge in [-0.25, -0.2) is 0 Å². The van der Waals surface area contributed by atoms with Crippen LogP contribution in [0, 0.1) is 34.5 Å². The van der Waals surface area contributed by atoms with Crippen molar-refractivity contribution in [1.82, 2.24) is 0 Å². The SMILES string of the molecule is C[C@@]12CC[C@H](O)C[C@H]1CC[C@H]1[C@H]2CC[C@@]2(C)[C@H]1CC[C@@]2(C)O. The first kappa shape index (κ1) is 15.4.